The molecule has 0 saturated heterocycles. The van der Waals surface area contributed by atoms with Gasteiger partial charge in [0.05, 0.1) is 12.6 Å². The van der Waals surface area contributed by atoms with Crippen LogP contribution in [0.1, 0.15) is 32.8 Å². The number of nitrogens with one attached hydrogen (secondary N) is 2. The Morgan fingerprint density at radius 2 is 1.83 bits per heavy atom. The third-order valence-corrected chi connectivity index (χ3v) is 2.92. The summed E-state index contributed by atoms with van der Waals surface area (Å²) < 4.78 is 10.2. The molecular formula is C17H26N2O5. The van der Waals surface area contributed by atoms with Crippen molar-refractivity contribution in [1.82, 2.24) is 10.6 Å². The summed E-state index contributed by atoms with van der Waals surface area (Å²) in [7, 11) is 0. The summed E-state index contributed by atoms with van der Waals surface area (Å²) in [6.45, 7) is 5.48. The molecule has 0 heterocycles. The van der Waals surface area contributed by atoms with Gasteiger partial charge >= 0.3 is 12.2 Å². The average molecular weight is 338 g/mol. The normalized spacial score (nSPS) is 12.2. The maximum Gasteiger partial charge on any atom is 0.407 e. The maximum atomic E-state index is 11.7. The molecule has 24 heavy (non-hydrogen) atoms. The van der Waals surface area contributed by atoms with Gasteiger partial charge in [-0.15, -0.1) is 0 Å². The molecule has 1 aromatic carbocycles. The molecule has 2 amide bonds. The van der Waals surface area contributed by atoms with Crippen molar-refractivity contribution in [2.45, 2.75) is 45.4 Å². The summed E-state index contributed by atoms with van der Waals surface area (Å²) in [5.74, 6) is 0. The lowest BCUT2D eigenvalue weighted by Crippen LogP contribution is -2.41. The number of aliphatic hydroxyl groups is 1. The van der Waals surface area contributed by atoms with Crippen molar-refractivity contribution < 1.29 is 24.2 Å². The van der Waals surface area contributed by atoms with Crippen LogP contribution in [0.25, 0.3) is 0 Å². The zero-order chi connectivity index (χ0) is 18.0. The first-order chi connectivity index (χ1) is 11.3. The van der Waals surface area contributed by atoms with Crippen LogP contribution in [0.15, 0.2) is 30.3 Å². The predicted molar refractivity (Wildman–Crippen MR) is 89.5 cm³/mol. The van der Waals surface area contributed by atoms with Crippen LogP contribution in [0.2, 0.25) is 0 Å². The second kappa shape index (κ2) is 9.77. The van der Waals surface area contributed by atoms with Gasteiger partial charge in [-0.2, -0.15) is 0 Å². The number of benzene rings is 1. The molecule has 7 heteroatoms. The molecule has 3 N–H and O–H groups in total. The summed E-state index contributed by atoms with van der Waals surface area (Å²) in [6.07, 6.45) is -0.795. The standard InChI is InChI=1S/C17H26N2O5/c1-17(2,3)24-15(21)18-10-9-14(11-20)19-16(22)23-12-13-7-5-4-6-8-13/h4-8,14,20H,9-12H2,1-3H3,(H,18,21)(H,19,22). The van der Waals surface area contributed by atoms with Crippen LogP contribution in [0.3, 0.4) is 0 Å². The summed E-state index contributed by atoms with van der Waals surface area (Å²) >= 11 is 0. The molecule has 0 saturated carbocycles. The molecule has 1 atom stereocenters. The zero-order valence-corrected chi connectivity index (χ0v) is 14.4. The molecule has 1 rings (SSSR count). The Balaban J connectivity index is 2.26. The number of rotatable bonds is 7. The van der Waals surface area contributed by atoms with Gasteiger partial charge in [-0.1, -0.05) is 30.3 Å². The van der Waals surface area contributed by atoms with E-state index in [9.17, 15) is 14.7 Å². The second-order valence-corrected chi connectivity index (χ2v) is 6.30. The van der Waals surface area contributed by atoms with Crippen LogP contribution in [0.5, 0.6) is 0 Å². The summed E-state index contributed by atoms with van der Waals surface area (Å²) in [5.41, 5.74) is 0.305. The minimum atomic E-state index is -0.616. The molecule has 0 aromatic heterocycles. The molecular weight excluding hydrogens is 312 g/mol. The first kappa shape index (κ1) is 19.8. The molecule has 1 unspecified atom stereocenters. The van der Waals surface area contributed by atoms with Crippen LogP contribution in [0.4, 0.5) is 9.59 Å². The topological polar surface area (TPSA) is 96.9 Å². The number of ether oxygens (including phenoxy) is 2. The minimum absolute atomic E-state index is 0.154. The highest BCUT2D eigenvalue weighted by Crippen LogP contribution is 2.06. The van der Waals surface area contributed by atoms with E-state index < -0.39 is 23.8 Å². The molecule has 7 nitrogen and oxygen atoms in total. The number of amides is 2. The number of carbonyl (C=O) groups excluding carboxylic acids is 2. The summed E-state index contributed by atoms with van der Waals surface area (Å²) in [4.78, 5) is 23.2. The van der Waals surface area contributed by atoms with Crippen molar-refractivity contribution in [3.05, 3.63) is 35.9 Å². The third kappa shape index (κ3) is 8.99. The monoisotopic (exact) mass is 338 g/mol. The molecule has 0 aliphatic heterocycles. The molecule has 134 valence electrons. The smallest absolute Gasteiger partial charge is 0.407 e. The highest BCUT2D eigenvalue weighted by Gasteiger charge is 2.17. The van der Waals surface area contributed by atoms with Crippen molar-refractivity contribution in [3.8, 4) is 0 Å². The third-order valence-electron chi connectivity index (χ3n) is 2.92. The van der Waals surface area contributed by atoms with E-state index in [2.05, 4.69) is 10.6 Å². The molecule has 0 bridgehead atoms. The van der Waals surface area contributed by atoms with Gasteiger partial charge in [0.25, 0.3) is 0 Å². The number of alkyl carbamates (subject to hydrolysis) is 2. The van der Waals surface area contributed by atoms with E-state index >= 15 is 0 Å². The van der Waals surface area contributed by atoms with Crippen LogP contribution in [0, 0.1) is 0 Å². The van der Waals surface area contributed by atoms with Crippen molar-refractivity contribution in [2.75, 3.05) is 13.2 Å². The van der Waals surface area contributed by atoms with Crippen LogP contribution < -0.4 is 10.6 Å². The Bertz CT molecular complexity index is 513. The van der Waals surface area contributed by atoms with E-state index in [-0.39, 0.29) is 19.8 Å². The van der Waals surface area contributed by atoms with Gasteiger partial charge < -0.3 is 25.2 Å². The zero-order valence-electron chi connectivity index (χ0n) is 14.4. The predicted octanol–water partition coefficient (Wildman–Crippen LogP) is 2.19. The Morgan fingerprint density at radius 3 is 2.42 bits per heavy atom. The Labute approximate surface area is 142 Å². The highest BCUT2D eigenvalue weighted by atomic mass is 16.6. The number of hydrogen-bond acceptors (Lipinski definition) is 5. The molecule has 1 aromatic rings. The molecule has 0 spiro atoms. The number of aliphatic hydroxyl groups excluding tert-OH is 1. The van der Waals surface area contributed by atoms with Crippen molar-refractivity contribution in [2.24, 2.45) is 0 Å². The van der Waals surface area contributed by atoms with E-state index in [4.69, 9.17) is 9.47 Å². The number of hydrogen-bond donors (Lipinski definition) is 3. The Hall–Kier alpha value is -2.28. The van der Waals surface area contributed by atoms with Crippen LogP contribution >= 0.6 is 0 Å². The van der Waals surface area contributed by atoms with Crippen LogP contribution in [-0.4, -0.2) is 42.1 Å². The van der Waals surface area contributed by atoms with Gasteiger partial charge in [-0.05, 0) is 32.8 Å². The first-order valence-corrected chi connectivity index (χ1v) is 7.85. The Kier molecular flexibility index (Phi) is 8.05. The average Bonchev–Trinajstić information content (AvgIpc) is 2.51. The summed E-state index contributed by atoms with van der Waals surface area (Å²) in [6, 6.07) is 8.78. The van der Waals surface area contributed by atoms with Gasteiger partial charge in [0, 0.05) is 6.54 Å². The molecule has 0 aliphatic carbocycles. The fourth-order valence-electron chi connectivity index (χ4n) is 1.80. The first-order valence-electron chi connectivity index (χ1n) is 7.85. The lowest BCUT2D eigenvalue weighted by molar-refractivity contribution is 0.0524. The molecule has 0 radical (unpaired) electrons. The van der Waals surface area contributed by atoms with E-state index in [1.165, 1.54) is 0 Å². The fourth-order valence-corrected chi connectivity index (χ4v) is 1.80. The second-order valence-electron chi connectivity index (χ2n) is 6.30. The lowest BCUT2D eigenvalue weighted by atomic mass is 10.2. The van der Waals surface area contributed by atoms with E-state index in [0.29, 0.717) is 6.42 Å². The van der Waals surface area contributed by atoms with Crippen LogP contribution in [-0.2, 0) is 16.1 Å². The van der Waals surface area contributed by atoms with E-state index in [1.54, 1.807) is 20.8 Å². The lowest BCUT2D eigenvalue weighted by Gasteiger charge is -2.20. The Morgan fingerprint density at radius 1 is 1.17 bits per heavy atom. The molecule has 0 aliphatic rings. The van der Waals surface area contributed by atoms with Crippen molar-refractivity contribution in [1.29, 1.82) is 0 Å². The SMILES string of the molecule is CC(C)(C)OC(=O)NCCC(CO)NC(=O)OCc1ccccc1. The van der Waals surface area contributed by atoms with Gasteiger partial charge in [0.1, 0.15) is 12.2 Å². The van der Waals surface area contributed by atoms with Gasteiger partial charge in [0.2, 0.25) is 0 Å². The van der Waals surface area contributed by atoms with E-state index in [0.717, 1.165) is 5.56 Å². The van der Waals surface area contributed by atoms with Crippen molar-refractivity contribution >= 4 is 12.2 Å². The molecule has 0 fully saturated rings. The quantitative estimate of drug-likeness (QED) is 0.708. The highest BCUT2D eigenvalue weighted by molar-refractivity contribution is 5.68. The summed E-state index contributed by atoms with van der Waals surface area (Å²) in [5, 5.41) is 14.4. The largest absolute Gasteiger partial charge is 0.445 e. The van der Waals surface area contributed by atoms with Gasteiger partial charge in [-0.25, -0.2) is 9.59 Å². The van der Waals surface area contributed by atoms with Crippen molar-refractivity contribution in [3.63, 3.8) is 0 Å². The fraction of sp³-hybridized carbons (Fsp3) is 0.529. The maximum absolute atomic E-state index is 11.7. The number of carbonyl (C=O) groups is 2. The minimum Gasteiger partial charge on any atom is -0.445 e. The van der Waals surface area contributed by atoms with Gasteiger partial charge in [-0.3, -0.25) is 0 Å². The van der Waals surface area contributed by atoms with Gasteiger partial charge in [0.15, 0.2) is 0 Å². The van der Waals surface area contributed by atoms with E-state index in [1.807, 2.05) is 30.3 Å².